The van der Waals surface area contributed by atoms with Gasteiger partial charge in [-0.1, -0.05) is 12.1 Å². The average molecular weight is 234 g/mol. The van der Waals surface area contributed by atoms with Gasteiger partial charge in [-0.05, 0) is 24.1 Å². The molecule has 0 heterocycles. The smallest absolute Gasteiger partial charge is 0.327 e. The van der Waals surface area contributed by atoms with Gasteiger partial charge in [-0.3, -0.25) is 4.79 Å². The van der Waals surface area contributed by atoms with Crippen LogP contribution >= 0.6 is 12.4 Å². The van der Waals surface area contributed by atoms with Crippen molar-refractivity contribution >= 4 is 18.4 Å². The summed E-state index contributed by atoms with van der Waals surface area (Å²) in [6.07, 6.45) is 0. The largest absolute Gasteiger partial charge is 0.468 e. The van der Waals surface area contributed by atoms with Crippen LogP contribution in [0.3, 0.4) is 0 Å². The lowest BCUT2D eigenvalue weighted by atomic mass is 10.1. The van der Waals surface area contributed by atoms with Crippen molar-refractivity contribution in [3.8, 4) is 0 Å². The molecule has 84 valence electrons. The van der Waals surface area contributed by atoms with Gasteiger partial charge in [-0.15, -0.1) is 12.4 Å². The van der Waals surface area contributed by atoms with E-state index in [-0.39, 0.29) is 18.2 Å². The van der Waals surface area contributed by atoms with E-state index >= 15 is 0 Å². The van der Waals surface area contributed by atoms with Crippen LogP contribution in [0.2, 0.25) is 0 Å². The third kappa shape index (κ3) is 3.18. The van der Waals surface area contributed by atoms with E-state index in [1.807, 2.05) is 0 Å². The van der Waals surface area contributed by atoms with E-state index in [1.54, 1.807) is 19.1 Å². The fourth-order valence-electron chi connectivity index (χ4n) is 1.07. The summed E-state index contributed by atoms with van der Waals surface area (Å²) in [7, 11) is 1.24. The molecule has 1 rings (SSSR count). The van der Waals surface area contributed by atoms with Crippen molar-refractivity contribution in [1.82, 2.24) is 0 Å². The zero-order valence-electron chi connectivity index (χ0n) is 8.49. The minimum atomic E-state index is -0.921. The van der Waals surface area contributed by atoms with Gasteiger partial charge in [-0.2, -0.15) is 0 Å². The number of aryl methyl sites for hydroxylation is 1. The van der Waals surface area contributed by atoms with E-state index in [1.165, 1.54) is 13.2 Å². The first kappa shape index (κ1) is 13.9. The van der Waals surface area contributed by atoms with Crippen molar-refractivity contribution in [1.29, 1.82) is 0 Å². The highest BCUT2D eigenvalue weighted by molar-refractivity contribution is 5.85. The number of hydrogen-bond donors (Lipinski definition) is 1. The summed E-state index contributed by atoms with van der Waals surface area (Å²) in [4.78, 5) is 11.0. The van der Waals surface area contributed by atoms with Crippen LogP contribution in [0.4, 0.5) is 4.39 Å². The first-order valence-electron chi connectivity index (χ1n) is 4.15. The Balaban J connectivity index is 0.00000196. The normalized spacial score (nSPS) is 11.5. The number of ether oxygens (including phenoxy) is 1. The monoisotopic (exact) mass is 233 g/mol. The van der Waals surface area contributed by atoms with Crippen molar-refractivity contribution in [3.63, 3.8) is 0 Å². The molecule has 1 atom stereocenters. The van der Waals surface area contributed by atoms with Crippen LogP contribution in [0, 0.1) is 12.7 Å². The molecule has 0 spiro atoms. The molecule has 0 radical (unpaired) electrons. The van der Waals surface area contributed by atoms with E-state index in [9.17, 15) is 9.18 Å². The predicted octanol–water partition coefficient (Wildman–Crippen LogP) is 1.73. The molecule has 0 bridgehead atoms. The van der Waals surface area contributed by atoms with Gasteiger partial charge in [0.05, 0.1) is 7.11 Å². The van der Waals surface area contributed by atoms with Crippen molar-refractivity contribution < 1.29 is 13.9 Å². The number of carbonyl (C=O) groups is 1. The van der Waals surface area contributed by atoms with Crippen molar-refractivity contribution in [2.24, 2.45) is 5.73 Å². The van der Waals surface area contributed by atoms with Gasteiger partial charge in [0, 0.05) is 0 Å². The van der Waals surface area contributed by atoms with Gasteiger partial charge < -0.3 is 10.5 Å². The van der Waals surface area contributed by atoms with Gasteiger partial charge in [0.25, 0.3) is 0 Å². The van der Waals surface area contributed by atoms with E-state index in [4.69, 9.17) is 5.73 Å². The maximum Gasteiger partial charge on any atom is 0.327 e. The fourth-order valence-corrected chi connectivity index (χ4v) is 1.07. The number of benzene rings is 1. The topological polar surface area (TPSA) is 52.3 Å². The molecule has 0 aromatic heterocycles. The predicted molar refractivity (Wildman–Crippen MR) is 57.3 cm³/mol. The summed E-state index contributed by atoms with van der Waals surface area (Å²) in [5, 5.41) is 0. The fraction of sp³-hybridized carbons (Fsp3) is 0.300. The quantitative estimate of drug-likeness (QED) is 0.792. The van der Waals surface area contributed by atoms with Gasteiger partial charge in [0.2, 0.25) is 0 Å². The standard InChI is InChI=1S/C10H12FNO2.ClH/c1-6-3-4-7(5-8(6)11)9(12)10(13)14-2;/h3-5,9H,12H2,1-2H3;1H/t9-;/m1./s1. The Morgan fingerprint density at radius 3 is 2.60 bits per heavy atom. The van der Waals surface area contributed by atoms with E-state index in [0.29, 0.717) is 11.1 Å². The molecule has 2 N–H and O–H groups in total. The lowest BCUT2D eigenvalue weighted by Gasteiger charge is -2.09. The molecule has 0 saturated carbocycles. The van der Waals surface area contributed by atoms with Gasteiger partial charge >= 0.3 is 5.97 Å². The second-order valence-corrected chi connectivity index (χ2v) is 3.01. The van der Waals surface area contributed by atoms with Crippen LogP contribution < -0.4 is 5.73 Å². The van der Waals surface area contributed by atoms with Crippen molar-refractivity contribution in [2.75, 3.05) is 7.11 Å². The number of nitrogens with two attached hydrogens (primary N) is 1. The highest BCUT2D eigenvalue weighted by Crippen LogP contribution is 2.15. The molecule has 15 heavy (non-hydrogen) atoms. The maximum absolute atomic E-state index is 13.1. The number of esters is 1. The van der Waals surface area contributed by atoms with Gasteiger partial charge in [0.15, 0.2) is 0 Å². The van der Waals surface area contributed by atoms with Crippen LogP contribution in [0.5, 0.6) is 0 Å². The molecular weight excluding hydrogens is 221 g/mol. The first-order chi connectivity index (χ1) is 6.56. The zero-order chi connectivity index (χ0) is 10.7. The van der Waals surface area contributed by atoms with Crippen LogP contribution in [0.15, 0.2) is 18.2 Å². The van der Waals surface area contributed by atoms with Crippen molar-refractivity contribution in [3.05, 3.63) is 35.1 Å². The highest BCUT2D eigenvalue weighted by atomic mass is 35.5. The molecule has 0 aliphatic carbocycles. The molecule has 5 heteroatoms. The Morgan fingerprint density at radius 2 is 2.13 bits per heavy atom. The zero-order valence-corrected chi connectivity index (χ0v) is 9.31. The lowest BCUT2D eigenvalue weighted by molar-refractivity contribution is -0.142. The SMILES string of the molecule is COC(=O)[C@H](N)c1ccc(C)c(F)c1.Cl. The molecule has 1 aromatic rings. The molecule has 3 nitrogen and oxygen atoms in total. The Hall–Kier alpha value is -1.13. The second kappa shape index (κ2) is 5.68. The Labute approximate surface area is 93.8 Å². The average Bonchev–Trinajstić information content (AvgIpc) is 2.20. The van der Waals surface area contributed by atoms with E-state index in [0.717, 1.165) is 0 Å². The Morgan fingerprint density at radius 1 is 1.53 bits per heavy atom. The summed E-state index contributed by atoms with van der Waals surface area (Å²) in [5.74, 6) is -0.949. The third-order valence-electron chi connectivity index (χ3n) is 2.01. The lowest BCUT2D eigenvalue weighted by Crippen LogP contribution is -2.22. The molecular formula is C10H13ClFNO2. The van der Waals surface area contributed by atoms with Crippen LogP contribution in [0.25, 0.3) is 0 Å². The molecule has 0 aliphatic rings. The number of halogens is 2. The van der Waals surface area contributed by atoms with Crippen LogP contribution in [0.1, 0.15) is 17.2 Å². The minimum Gasteiger partial charge on any atom is -0.468 e. The summed E-state index contributed by atoms with van der Waals surface area (Å²) < 4.78 is 17.5. The number of methoxy groups -OCH3 is 1. The summed E-state index contributed by atoms with van der Waals surface area (Å²) in [6, 6.07) is 3.51. The second-order valence-electron chi connectivity index (χ2n) is 3.01. The third-order valence-corrected chi connectivity index (χ3v) is 2.01. The minimum absolute atomic E-state index is 0. The van der Waals surface area contributed by atoms with Gasteiger partial charge in [-0.25, -0.2) is 4.39 Å². The van der Waals surface area contributed by atoms with Crippen LogP contribution in [-0.2, 0) is 9.53 Å². The maximum atomic E-state index is 13.1. The summed E-state index contributed by atoms with van der Waals surface area (Å²) in [6.45, 7) is 1.64. The number of carbonyl (C=O) groups excluding carboxylic acids is 1. The summed E-state index contributed by atoms with van der Waals surface area (Å²) in [5.41, 5.74) is 6.46. The first-order valence-corrected chi connectivity index (χ1v) is 4.15. The van der Waals surface area contributed by atoms with E-state index in [2.05, 4.69) is 4.74 Å². The number of hydrogen-bond acceptors (Lipinski definition) is 3. The Kier molecular flexibility index (Phi) is 5.25. The Bertz CT molecular complexity index is 357. The van der Waals surface area contributed by atoms with Crippen molar-refractivity contribution in [2.45, 2.75) is 13.0 Å². The molecule has 0 amide bonds. The van der Waals surface area contributed by atoms with Crippen LogP contribution in [-0.4, -0.2) is 13.1 Å². The van der Waals surface area contributed by atoms with Gasteiger partial charge in [0.1, 0.15) is 11.9 Å². The highest BCUT2D eigenvalue weighted by Gasteiger charge is 2.16. The molecule has 1 aromatic carbocycles. The molecule has 0 unspecified atom stereocenters. The molecule has 0 fully saturated rings. The molecule has 0 aliphatic heterocycles. The van der Waals surface area contributed by atoms with E-state index < -0.39 is 12.0 Å². The number of rotatable bonds is 2. The summed E-state index contributed by atoms with van der Waals surface area (Å²) >= 11 is 0. The molecule has 0 saturated heterocycles.